The number of carbonyl (C=O) groups excluding carboxylic acids is 2. The van der Waals surface area contributed by atoms with Crippen LogP contribution >= 0.6 is 0 Å². The van der Waals surface area contributed by atoms with E-state index in [4.69, 9.17) is 5.73 Å². The Hall–Kier alpha value is -2.22. The molecule has 24 heavy (non-hydrogen) atoms. The Kier molecular flexibility index (Phi) is 6.48. The molecule has 1 fully saturated rings. The Morgan fingerprint density at radius 1 is 1.38 bits per heavy atom. The standard InChI is InChI=1S/C16H26N6O2/c1-11(2)15(17)16(24)18-10-14(23)22-8-5-12(6-9-22)20-13-4-3-7-19-21-13/h3-4,7,11-12,15H,5-6,8-10,17H2,1-2H3,(H,18,24)(H,20,21)/t15-/m0/s1. The van der Waals surface area contributed by atoms with Crippen LogP contribution in [0.2, 0.25) is 0 Å². The molecule has 8 heteroatoms. The number of nitrogens with two attached hydrogens (primary N) is 1. The van der Waals surface area contributed by atoms with Crippen molar-refractivity contribution in [2.24, 2.45) is 11.7 Å². The molecule has 1 aromatic rings. The summed E-state index contributed by atoms with van der Waals surface area (Å²) in [6.07, 6.45) is 3.30. The van der Waals surface area contributed by atoms with E-state index in [0.717, 1.165) is 18.7 Å². The van der Waals surface area contributed by atoms with E-state index in [2.05, 4.69) is 20.8 Å². The van der Waals surface area contributed by atoms with Crippen molar-refractivity contribution in [2.75, 3.05) is 25.0 Å². The Balaban J connectivity index is 1.71. The third-order valence-corrected chi connectivity index (χ3v) is 4.21. The predicted octanol–water partition coefficient (Wildman–Crippen LogP) is -0.0210. The first kappa shape index (κ1) is 18.1. The van der Waals surface area contributed by atoms with Crippen LogP contribution in [0.5, 0.6) is 0 Å². The fraction of sp³-hybridized carbons (Fsp3) is 0.625. The molecule has 2 heterocycles. The number of nitrogens with zero attached hydrogens (tertiary/aromatic N) is 3. The maximum atomic E-state index is 12.2. The quantitative estimate of drug-likeness (QED) is 0.674. The van der Waals surface area contributed by atoms with Crippen LogP contribution in [0.1, 0.15) is 26.7 Å². The molecule has 1 aliphatic rings. The fourth-order valence-corrected chi connectivity index (χ4v) is 2.56. The summed E-state index contributed by atoms with van der Waals surface area (Å²) in [6.45, 7) is 5.06. The smallest absolute Gasteiger partial charge is 0.241 e. The Bertz CT molecular complexity index is 543. The van der Waals surface area contributed by atoms with Gasteiger partial charge in [-0.2, -0.15) is 5.10 Å². The number of rotatable bonds is 6. The second kappa shape index (κ2) is 8.58. The molecule has 1 aliphatic heterocycles. The number of carbonyl (C=O) groups is 2. The zero-order valence-electron chi connectivity index (χ0n) is 14.2. The van der Waals surface area contributed by atoms with Gasteiger partial charge in [-0.3, -0.25) is 9.59 Å². The van der Waals surface area contributed by atoms with Gasteiger partial charge in [-0.05, 0) is 30.9 Å². The molecule has 0 saturated carbocycles. The van der Waals surface area contributed by atoms with Crippen molar-refractivity contribution in [3.05, 3.63) is 18.3 Å². The maximum Gasteiger partial charge on any atom is 0.241 e. The molecule has 1 saturated heterocycles. The second-order valence-corrected chi connectivity index (χ2v) is 6.40. The fourth-order valence-electron chi connectivity index (χ4n) is 2.56. The first-order chi connectivity index (χ1) is 11.5. The van der Waals surface area contributed by atoms with Crippen molar-refractivity contribution < 1.29 is 9.59 Å². The lowest BCUT2D eigenvalue weighted by Crippen LogP contribution is -2.50. The average Bonchev–Trinajstić information content (AvgIpc) is 2.60. The minimum atomic E-state index is -0.584. The summed E-state index contributed by atoms with van der Waals surface area (Å²) in [7, 11) is 0. The maximum absolute atomic E-state index is 12.2. The van der Waals surface area contributed by atoms with Crippen LogP contribution in [0.15, 0.2) is 18.3 Å². The van der Waals surface area contributed by atoms with Gasteiger partial charge in [0, 0.05) is 25.3 Å². The lowest BCUT2D eigenvalue weighted by atomic mass is 10.0. The molecule has 4 N–H and O–H groups in total. The summed E-state index contributed by atoms with van der Waals surface area (Å²) in [6, 6.07) is 3.39. The highest BCUT2D eigenvalue weighted by Gasteiger charge is 2.24. The van der Waals surface area contributed by atoms with Crippen LogP contribution in [0.3, 0.4) is 0 Å². The average molecular weight is 334 g/mol. The number of amides is 2. The third-order valence-electron chi connectivity index (χ3n) is 4.21. The molecule has 1 aromatic heterocycles. The highest BCUT2D eigenvalue weighted by Crippen LogP contribution is 2.14. The molecular formula is C16H26N6O2. The van der Waals surface area contributed by atoms with Gasteiger partial charge in [0.05, 0.1) is 12.6 Å². The number of hydrogen-bond donors (Lipinski definition) is 3. The van der Waals surface area contributed by atoms with E-state index in [1.54, 1.807) is 11.1 Å². The van der Waals surface area contributed by atoms with Crippen molar-refractivity contribution >= 4 is 17.6 Å². The number of hydrogen-bond acceptors (Lipinski definition) is 6. The molecule has 132 valence electrons. The minimum absolute atomic E-state index is 0.00150. The van der Waals surface area contributed by atoms with Crippen LogP contribution in [0.4, 0.5) is 5.82 Å². The predicted molar refractivity (Wildman–Crippen MR) is 91.1 cm³/mol. The van der Waals surface area contributed by atoms with Crippen LogP contribution in [-0.2, 0) is 9.59 Å². The van der Waals surface area contributed by atoms with Crippen LogP contribution < -0.4 is 16.4 Å². The molecule has 0 aliphatic carbocycles. The van der Waals surface area contributed by atoms with Gasteiger partial charge in [0.15, 0.2) is 0 Å². The lowest BCUT2D eigenvalue weighted by molar-refractivity contribution is -0.134. The van der Waals surface area contributed by atoms with Gasteiger partial charge in [0.2, 0.25) is 11.8 Å². The van der Waals surface area contributed by atoms with Gasteiger partial charge >= 0.3 is 0 Å². The van der Waals surface area contributed by atoms with E-state index >= 15 is 0 Å². The second-order valence-electron chi connectivity index (χ2n) is 6.40. The largest absolute Gasteiger partial charge is 0.366 e. The first-order valence-corrected chi connectivity index (χ1v) is 8.32. The van der Waals surface area contributed by atoms with E-state index in [-0.39, 0.29) is 30.3 Å². The van der Waals surface area contributed by atoms with Crippen molar-refractivity contribution in [3.8, 4) is 0 Å². The monoisotopic (exact) mass is 334 g/mol. The molecule has 0 aromatic carbocycles. The van der Waals surface area contributed by atoms with Crippen LogP contribution in [0.25, 0.3) is 0 Å². The summed E-state index contributed by atoms with van der Waals surface area (Å²) in [5.74, 6) is 0.440. The molecule has 2 rings (SSSR count). The molecule has 0 spiro atoms. The molecular weight excluding hydrogens is 308 g/mol. The van der Waals surface area contributed by atoms with Crippen molar-refractivity contribution in [2.45, 2.75) is 38.8 Å². The van der Waals surface area contributed by atoms with Gasteiger partial charge < -0.3 is 21.3 Å². The molecule has 0 bridgehead atoms. The minimum Gasteiger partial charge on any atom is -0.366 e. The molecule has 8 nitrogen and oxygen atoms in total. The van der Waals surface area contributed by atoms with Crippen LogP contribution in [-0.4, -0.2) is 58.6 Å². The number of piperidine rings is 1. The summed E-state index contributed by atoms with van der Waals surface area (Å²) >= 11 is 0. The first-order valence-electron chi connectivity index (χ1n) is 8.32. The van der Waals surface area contributed by atoms with Crippen LogP contribution in [0, 0.1) is 5.92 Å². The molecule has 1 atom stereocenters. The zero-order valence-corrected chi connectivity index (χ0v) is 14.2. The number of anilines is 1. The lowest BCUT2D eigenvalue weighted by Gasteiger charge is -2.32. The van der Waals surface area contributed by atoms with Gasteiger partial charge in [0.25, 0.3) is 0 Å². The topological polar surface area (TPSA) is 113 Å². The number of aromatic nitrogens is 2. The Labute approximate surface area is 142 Å². The van der Waals surface area contributed by atoms with E-state index in [9.17, 15) is 9.59 Å². The highest BCUT2D eigenvalue weighted by atomic mass is 16.2. The molecule has 0 radical (unpaired) electrons. The summed E-state index contributed by atoms with van der Waals surface area (Å²) < 4.78 is 0. The van der Waals surface area contributed by atoms with Crippen molar-refractivity contribution in [1.29, 1.82) is 0 Å². The van der Waals surface area contributed by atoms with Gasteiger partial charge in [-0.1, -0.05) is 13.8 Å². The molecule has 2 amide bonds. The zero-order chi connectivity index (χ0) is 17.5. The Morgan fingerprint density at radius 2 is 2.08 bits per heavy atom. The number of nitrogens with one attached hydrogen (secondary N) is 2. The van der Waals surface area contributed by atoms with E-state index < -0.39 is 6.04 Å². The van der Waals surface area contributed by atoms with E-state index in [1.807, 2.05) is 26.0 Å². The SMILES string of the molecule is CC(C)[C@H](N)C(=O)NCC(=O)N1CCC(Nc2cccnn2)CC1. The summed E-state index contributed by atoms with van der Waals surface area (Å²) in [5.41, 5.74) is 5.76. The van der Waals surface area contributed by atoms with Gasteiger partial charge in [-0.15, -0.1) is 5.10 Å². The van der Waals surface area contributed by atoms with E-state index in [1.165, 1.54) is 0 Å². The van der Waals surface area contributed by atoms with Crippen molar-refractivity contribution in [3.63, 3.8) is 0 Å². The molecule has 0 unspecified atom stereocenters. The van der Waals surface area contributed by atoms with Gasteiger partial charge in [-0.25, -0.2) is 0 Å². The van der Waals surface area contributed by atoms with Crippen molar-refractivity contribution in [1.82, 2.24) is 20.4 Å². The van der Waals surface area contributed by atoms with E-state index in [0.29, 0.717) is 13.1 Å². The Morgan fingerprint density at radius 3 is 2.67 bits per heavy atom. The third kappa shape index (κ3) is 5.16. The summed E-state index contributed by atoms with van der Waals surface area (Å²) in [5, 5.41) is 13.8. The van der Waals surface area contributed by atoms with Gasteiger partial charge in [0.1, 0.15) is 5.82 Å². The number of likely N-dealkylation sites (tertiary alicyclic amines) is 1. The normalized spacial score (nSPS) is 16.8. The summed E-state index contributed by atoms with van der Waals surface area (Å²) in [4.78, 5) is 25.8. The highest BCUT2D eigenvalue weighted by molar-refractivity contribution is 5.87.